The van der Waals surface area contributed by atoms with E-state index >= 15 is 0 Å². The maximum atomic E-state index is 11.8. The fraction of sp³-hybridized carbons (Fsp3) is 0.0625. The number of phenolic OH excluding ortho intramolecular Hbond substituents is 1. The van der Waals surface area contributed by atoms with Crippen LogP contribution in [-0.2, 0) is 4.79 Å². The maximum Gasteiger partial charge on any atom is 0.248 e. The summed E-state index contributed by atoms with van der Waals surface area (Å²) in [6.07, 6.45) is 3.11. The van der Waals surface area contributed by atoms with E-state index in [-0.39, 0.29) is 11.7 Å². The van der Waals surface area contributed by atoms with Crippen LogP contribution >= 0.6 is 15.9 Å². The molecule has 5 heteroatoms. The molecule has 0 heterocycles. The Labute approximate surface area is 131 Å². The maximum absolute atomic E-state index is 11.8. The van der Waals surface area contributed by atoms with Crippen molar-refractivity contribution in [2.24, 2.45) is 0 Å². The van der Waals surface area contributed by atoms with Crippen molar-refractivity contribution in [3.63, 3.8) is 0 Å². The second-order valence-electron chi connectivity index (χ2n) is 4.26. The molecule has 1 amide bonds. The van der Waals surface area contributed by atoms with Crippen molar-refractivity contribution >= 4 is 33.6 Å². The zero-order chi connectivity index (χ0) is 15.2. The number of phenols is 1. The van der Waals surface area contributed by atoms with Gasteiger partial charge in [-0.15, -0.1) is 0 Å². The second-order valence-corrected chi connectivity index (χ2v) is 5.17. The highest BCUT2D eigenvalue weighted by molar-refractivity contribution is 9.10. The van der Waals surface area contributed by atoms with Crippen LogP contribution in [0.4, 0.5) is 5.69 Å². The summed E-state index contributed by atoms with van der Waals surface area (Å²) in [6, 6.07) is 11.8. The largest absolute Gasteiger partial charge is 0.508 e. The van der Waals surface area contributed by atoms with Gasteiger partial charge in [0.2, 0.25) is 5.91 Å². The Bertz CT molecular complexity index is 666. The number of methoxy groups -OCH3 is 1. The van der Waals surface area contributed by atoms with Crippen molar-refractivity contribution in [3.05, 3.63) is 58.6 Å². The lowest BCUT2D eigenvalue weighted by atomic mass is 10.2. The van der Waals surface area contributed by atoms with Gasteiger partial charge in [-0.05, 0) is 48.5 Å². The van der Waals surface area contributed by atoms with Crippen LogP contribution in [0.15, 0.2) is 53.0 Å². The highest BCUT2D eigenvalue weighted by atomic mass is 79.9. The number of halogens is 1. The minimum absolute atomic E-state index is 0.155. The SMILES string of the molecule is COc1ccc(Br)cc1/C=C/C(=O)Nc1ccc(O)cc1. The fourth-order valence-corrected chi connectivity index (χ4v) is 2.11. The third kappa shape index (κ3) is 4.36. The number of rotatable bonds is 4. The van der Waals surface area contributed by atoms with E-state index in [1.165, 1.54) is 18.2 Å². The summed E-state index contributed by atoms with van der Waals surface area (Å²) < 4.78 is 6.14. The lowest BCUT2D eigenvalue weighted by molar-refractivity contribution is -0.111. The van der Waals surface area contributed by atoms with Crippen molar-refractivity contribution in [1.82, 2.24) is 0 Å². The third-order valence-corrected chi connectivity index (χ3v) is 3.23. The molecule has 108 valence electrons. The number of hydrogen-bond donors (Lipinski definition) is 2. The zero-order valence-electron chi connectivity index (χ0n) is 11.3. The van der Waals surface area contributed by atoms with E-state index in [2.05, 4.69) is 21.2 Å². The van der Waals surface area contributed by atoms with Crippen LogP contribution in [0.2, 0.25) is 0 Å². The normalized spacial score (nSPS) is 10.6. The summed E-state index contributed by atoms with van der Waals surface area (Å²) in [7, 11) is 1.58. The molecule has 4 nitrogen and oxygen atoms in total. The highest BCUT2D eigenvalue weighted by Crippen LogP contribution is 2.24. The van der Waals surface area contributed by atoms with Crippen LogP contribution in [0.25, 0.3) is 6.08 Å². The highest BCUT2D eigenvalue weighted by Gasteiger charge is 2.02. The number of ether oxygens (including phenoxy) is 1. The molecule has 0 aromatic heterocycles. The Morgan fingerprint density at radius 1 is 1.24 bits per heavy atom. The quantitative estimate of drug-likeness (QED) is 0.652. The smallest absolute Gasteiger partial charge is 0.248 e. The molecule has 0 radical (unpaired) electrons. The van der Waals surface area contributed by atoms with Gasteiger partial charge in [0.1, 0.15) is 11.5 Å². The van der Waals surface area contributed by atoms with Gasteiger partial charge in [0.05, 0.1) is 7.11 Å². The number of carbonyl (C=O) groups is 1. The summed E-state index contributed by atoms with van der Waals surface area (Å²) >= 11 is 3.38. The van der Waals surface area contributed by atoms with Gasteiger partial charge in [0.25, 0.3) is 0 Å². The topological polar surface area (TPSA) is 58.6 Å². The summed E-state index contributed by atoms with van der Waals surface area (Å²) in [5.41, 5.74) is 1.41. The number of aromatic hydroxyl groups is 1. The van der Waals surface area contributed by atoms with Gasteiger partial charge in [-0.2, -0.15) is 0 Å². The van der Waals surface area contributed by atoms with Crippen molar-refractivity contribution < 1.29 is 14.6 Å². The summed E-state index contributed by atoms with van der Waals surface area (Å²) in [5, 5.41) is 11.9. The van der Waals surface area contributed by atoms with Gasteiger partial charge in [-0.3, -0.25) is 4.79 Å². The monoisotopic (exact) mass is 347 g/mol. The number of nitrogens with one attached hydrogen (secondary N) is 1. The number of anilines is 1. The van der Waals surface area contributed by atoms with E-state index in [0.717, 1.165) is 10.0 Å². The van der Waals surface area contributed by atoms with E-state index in [1.54, 1.807) is 25.3 Å². The van der Waals surface area contributed by atoms with Crippen LogP contribution in [0.5, 0.6) is 11.5 Å². The average Bonchev–Trinajstić information content (AvgIpc) is 2.48. The minimum Gasteiger partial charge on any atom is -0.508 e. The third-order valence-electron chi connectivity index (χ3n) is 2.74. The molecule has 0 bridgehead atoms. The molecule has 0 aliphatic rings. The molecule has 0 spiro atoms. The first-order chi connectivity index (χ1) is 10.1. The molecule has 0 aliphatic heterocycles. The van der Waals surface area contributed by atoms with E-state index in [0.29, 0.717) is 11.4 Å². The Morgan fingerprint density at radius 3 is 2.62 bits per heavy atom. The van der Waals surface area contributed by atoms with Gasteiger partial charge in [-0.25, -0.2) is 0 Å². The number of hydrogen-bond acceptors (Lipinski definition) is 3. The van der Waals surface area contributed by atoms with Crippen molar-refractivity contribution in [3.8, 4) is 11.5 Å². The molecule has 0 atom stereocenters. The van der Waals surface area contributed by atoms with E-state index in [4.69, 9.17) is 4.74 Å². The molecule has 0 saturated carbocycles. The molecule has 2 N–H and O–H groups in total. The summed E-state index contributed by atoms with van der Waals surface area (Å²) in [4.78, 5) is 11.8. The number of carbonyl (C=O) groups excluding carboxylic acids is 1. The van der Waals surface area contributed by atoms with Crippen molar-refractivity contribution in [2.45, 2.75) is 0 Å². The summed E-state index contributed by atoms with van der Waals surface area (Å²) in [6.45, 7) is 0. The Hall–Kier alpha value is -2.27. The molecule has 0 fully saturated rings. The molecular formula is C16H14BrNO3. The van der Waals surface area contributed by atoms with Crippen LogP contribution in [0, 0.1) is 0 Å². The molecule has 0 unspecified atom stereocenters. The fourth-order valence-electron chi connectivity index (χ4n) is 1.73. The number of amides is 1. The Kier molecular flexibility index (Phi) is 5.00. The van der Waals surface area contributed by atoms with Crippen LogP contribution in [0.1, 0.15) is 5.56 Å². The summed E-state index contributed by atoms with van der Waals surface area (Å²) in [5.74, 6) is 0.581. The zero-order valence-corrected chi connectivity index (χ0v) is 12.9. The first-order valence-electron chi connectivity index (χ1n) is 6.20. The minimum atomic E-state index is -0.261. The first-order valence-corrected chi connectivity index (χ1v) is 6.99. The van der Waals surface area contributed by atoms with E-state index < -0.39 is 0 Å². The molecular weight excluding hydrogens is 334 g/mol. The predicted molar refractivity (Wildman–Crippen MR) is 86.5 cm³/mol. The Morgan fingerprint density at radius 2 is 1.95 bits per heavy atom. The van der Waals surface area contributed by atoms with Gasteiger partial charge in [0, 0.05) is 21.8 Å². The van der Waals surface area contributed by atoms with Gasteiger partial charge in [-0.1, -0.05) is 15.9 Å². The van der Waals surface area contributed by atoms with Crippen LogP contribution < -0.4 is 10.1 Å². The predicted octanol–water partition coefficient (Wildman–Crippen LogP) is 3.82. The first kappa shape index (κ1) is 15.1. The molecule has 2 aromatic rings. The molecule has 0 aliphatic carbocycles. The van der Waals surface area contributed by atoms with Gasteiger partial charge >= 0.3 is 0 Å². The van der Waals surface area contributed by atoms with Crippen molar-refractivity contribution in [2.75, 3.05) is 12.4 Å². The van der Waals surface area contributed by atoms with E-state index in [9.17, 15) is 9.90 Å². The lowest BCUT2D eigenvalue weighted by Crippen LogP contribution is -2.07. The van der Waals surface area contributed by atoms with Gasteiger partial charge in [0.15, 0.2) is 0 Å². The molecule has 21 heavy (non-hydrogen) atoms. The lowest BCUT2D eigenvalue weighted by Gasteiger charge is -2.05. The average molecular weight is 348 g/mol. The van der Waals surface area contributed by atoms with Crippen molar-refractivity contribution in [1.29, 1.82) is 0 Å². The Balaban J connectivity index is 2.08. The van der Waals surface area contributed by atoms with Gasteiger partial charge < -0.3 is 15.2 Å². The van der Waals surface area contributed by atoms with Crippen LogP contribution in [-0.4, -0.2) is 18.1 Å². The standard InChI is InChI=1S/C16H14BrNO3/c1-21-15-8-3-12(17)10-11(15)2-9-16(20)18-13-4-6-14(19)7-5-13/h2-10,19H,1H3,(H,18,20)/b9-2+. The van der Waals surface area contributed by atoms with Crippen LogP contribution in [0.3, 0.4) is 0 Å². The number of benzene rings is 2. The molecule has 2 rings (SSSR count). The second kappa shape index (κ2) is 6.95. The molecule has 2 aromatic carbocycles. The molecule has 0 saturated heterocycles. The van der Waals surface area contributed by atoms with E-state index in [1.807, 2.05) is 18.2 Å².